The quantitative estimate of drug-likeness (QED) is 0.885. The summed E-state index contributed by atoms with van der Waals surface area (Å²) < 4.78 is 0. The fraction of sp³-hybridized carbons (Fsp3) is 0.450. The molecule has 0 spiro atoms. The molecule has 0 saturated carbocycles. The molecule has 2 N–H and O–H groups in total. The first-order valence-corrected chi connectivity index (χ1v) is 9.15. The lowest BCUT2D eigenvalue weighted by Crippen LogP contribution is -2.41. The molecule has 0 aliphatic carbocycles. The molecule has 0 radical (unpaired) electrons. The maximum Gasteiger partial charge on any atom is 0.261 e. The monoisotopic (exact) mass is 354 g/mol. The molecule has 2 aromatic heterocycles. The molecule has 1 unspecified atom stereocenters. The Kier molecular flexibility index (Phi) is 5.40. The highest BCUT2D eigenvalue weighted by Gasteiger charge is 2.27. The van der Waals surface area contributed by atoms with Gasteiger partial charge in [0, 0.05) is 37.9 Å². The zero-order valence-electron chi connectivity index (χ0n) is 15.6. The van der Waals surface area contributed by atoms with Crippen molar-refractivity contribution in [2.24, 2.45) is 0 Å². The highest BCUT2D eigenvalue weighted by molar-refractivity contribution is 5.94. The number of anilines is 1. The van der Waals surface area contributed by atoms with Crippen molar-refractivity contribution in [3.8, 4) is 0 Å². The van der Waals surface area contributed by atoms with E-state index in [1.165, 1.54) is 5.56 Å². The third-order valence-electron chi connectivity index (χ3n) is 5.00. The maximum absolute atomic E-state index is 12.9. The van der Waals surface area contributed by atoms with Gasteiger partial charge in [-0.2, -0.15) is 0 Å². The maximum atomic E-state index is 12.9. The van der Waals surface area contributed by atoms with Crippen LogP contribution in [0.5, 0.6) is 0 Å². The number of carbonyl (C=O) groups excluding carboxylic acids is 1. The van der Waals surface area contributed by atoms with E-state index in [2.05, 4.69) is 15.3 Å². The van der Waals surface area contributed by atoms with Gasteiger partial charge in [-0.05, 0) is 48.6 Å². The van der Waals surface area contributed by atoms with Gasteiger partial charge in [0.2, 0.25) is 0 Å². The second-order valence-corrected chi connectivity index (χ2v) is 7.13. The predicted molar refractivity (Wildman–Crippen MR) is 103 cm³/mol. The Balaban J connectivity index is 1.79. The summed E-state index contributed by atoms with van der Waals surface area (Å²) in [6.45, 7) is 5.33. The number of aromatic nitrogens is 2. The van der Waals surface area contributed by atoms with E-state index in [0.717, 1.165) is 24.4 Å². The Labute approximate surface area is 153 Å². The highest BCUT2D eigenvalue weighted by Crippen LogP contribution is 2.28. The Morgan fingerprint density at radius 3 is 2.85 bits per heavy atom. The van der Waals surface area contributed by atoms with Crippen molar-refractivity contribution in [3.63, 3.8) is 0 Å². The number of nitrogens with zero attached hydrogens (tertiary/aromatic N) is 2. The van der Waals surface area contributed by atoms with Crippen molar-refractivity contribution in [2.75, 3.05) is 25.5 Å². The number of nitrogens with one attached hydrogen (secondary N) is 2. The lowest BCUT2D eigenvalue weighted by molar-refractivity contribution is 0.0705. The number of likely N-dealkylation sites (tertiary alicyclic amines) is 1. The van der Waals surface area contributed by atoms with Crippen molar-refractivity contribution in [1.29, 1.82) is 0 Å². The fourth-order valence-corrected chi connectivity index (χ4v) is 3.44. The molecule has 1 saturated heterocycles. The molecule has 1 aliphatic heterocycles. The molecule has 1 aliphatic rings. The molecule has 1 atom stereocenters. The van der Waals surface area contributed by atoms with Crippen LogP contribution in [0.15, 0.2) is 35.3 Å². The largest absolute Gasteiger partial charge is 0.373 e. The molecule has 0 aromatic carbocycles. The lowest BCUT2D eigenvalue weighted by atomic mass is 9.91. The van der Waals surface area contributed by atoms with E-state index in [-0.39, 0.29) is 28.9 Å². The van der Waals surface area contributed by atoms with Gasteiger partial charge in [-0.3, -0.25) is 9.59 Å². The van der Waals surface area contributed by atoms with E-state index < -0.39 is 0 Å². The molecule has 0 bridgehead atoms. The topological polar surface area (TPSA) is 78.1 Å². The first-order valence-electron chi connectivity index (χ1n) is 9.15. The SMILES string of the molecule is CNc1cc(C2CCCN(C(=O)c3ccc(C(C)C)[nH]c3=O)C2)ccn1. The van der Waals surface area contributed by atoms with E-state index in [0.29, 0.717) is 13.1 Å². The third-order valence-corrected chi connectivity index (χ3v) is 5.00. The standard InChI is InChI=1S/C20H26N4O2/c1-13(2)17-7-6-16(19(25)23-17)20(26)24-10-4-5-15(12-24)14-8-9-22-18(11-14)21-3/h6-9,11,13,15H,4-5,10,12H2,1-3H3,(H,21,22)(H,23,25). The van der Waals surface area contributed by atoms with Gasteiger partial charge in [0.25, 0.3) is 11.5 Å². The van der Waals surface area contributed by atoms with Crippen molar-refractivity contribution in [3.05, 3.63) is 57.6 Å². The number of rotatable bonds is 4. The Morgan fingerprint density at radius 1 is 1.35 bits per heavy atom. The van der Waals surface area contributed by atoms with E-state index in [4.69, 9.17) is 0 Å². The number of carbonyl (C=O) groups is 1. The molecule has 26 heavy (non-hydrogen) atoms. The first kappa shape index (κ1) is 18.2. The van der Waals surface area contributed by atoms with Gasteiger partial charge in [0.1, 0.15) is 11.4 Å². The average Bonchev–Trinajstić information content (AvgIpc) is 2.67. The number of pyridine rings is 2. The van der Waals surface area contributed by atoms with Crippen LogP contribution < -0.4 is 10.9 Å². The molecular weight excluding hydrogens is 328 g/mol. The summed E-state index contributed by atoms with van der Waals surface area (Å²) in [5, 5.41) is 3.05. The zero-order chi connectivity index (χ0) is 18.7. The van der Waals surface area contributed by atoms with E-state index in [1.54, 1.807) is 17.2 Å². The number of H-pyrrole nitrogens is 1. The van der Waals surface area contributed by atoms with Crippen molar-refractivity contribution < 1.29 is 4.79 Å². The van der Waals surface area contributed by atoms with Gasteiger partial charge < -0.3 is 15.2 Å². The smallest absolute Gasteiger partial charge is 0.261 e. The summed E-state index contributed by atoms with van der Waals surface area (Å²) in [6.07, 6.45) is 3.74. The van der Waals surface area contributed by atoms with E-state index in [9.17, 15) is 9.59 Å². The molecule has 3 heterocycles. The molecule has 1 fully saturated rings. The van der Waals surface area contributed by atoms with Crippen LogP contribution in [0.3, 0.4) is 0 Å². The fourth-order valence-electron chi connectivity index (χ4n) is 3.44. The zero-order valence-corrected chi connectivity index (χ0v) is 15.6. The molecular formula is C20H26N4O2. The molecule has 2 aromatic rings. The highest BCUT2D eigenvalue weighted by atomic mass is 16.2. The van der Waals surface area contributed by atoms with Crippen LogP contribution in [-0.4, -0.2) is 40.9 Å². The Bertz CT molecular complexity index is 844. The van der Waals surface area contributed by atoms with Crippen LogP contribution in [-0.2, 0) is 0 Å². The van der Waals surface area contributed by atoms with Crippen LogP contribution in [0, 0.1) is 0 Å². The van der Waals surface area contributed by atoms with Crippen molar-refractivity contribution >= 4 is 11.7 Å². The van der Waals surface area contributed by atoms with Gasteiger partial charge in [0.15, 0.2) is 0 Å². The third kappa shape index (κ3) is 3.79. The summed E-state index contributed by atoms with van der Waals surface area (Å²) in [7, 11) is 1.84. The minimum atomic E-state index is -0.301. The molecule has 6 nitrogen and oxygen atoms in total. The van der Waals surface area contributed by atoms with Crippen LogP contribution in [0.2, 0.25) is 0 Å². The number of amides is 1. The molecule has 6 heteroatoms. The Hall–Kier alpha value is -2.63. The van der Waals surface area contributed by atoms with Gasteiger partial charge in [-0.25, -0.2) is 4.98 Å². The summed E-state index contributed by atoms with van der Waals surface area (Å²) in [5.41, 5.74) is 1.94. The second kappa shape index (κ2) is 7.72. The summed E-state index contributed by atoms with van der Waals surface area (Å²) in [4.78, 5) is 34.1. The minimum Gasteiger partial charge on any atom is -0.373 e. The van der Waals surface area contributed by atoms with Crippen LogP contribution >= 0.6 is 0 Å². The minimum absolute atomic E-state index is 0.186. The van der Waals surface area contributed by atoms with Crippen molar-refractivity contribution in [1.82, 2.24) is 14.9 Å². The number of piperidine rings is 1. The lowest BCUT2D eigenvalue weighted by Gasteiger charge is -2.33. The van der Waals surface area contributed by atoms with Gasteiger partial charge in [-0.1, -0.05) is 13.8 Å². The van der Waals surface area contributed by atoms with Crippen molar-refractivity contribution in [2.45, 2.75) is 38.5 Å². The number of hydrogen-bond acceptors (Lipinski definition) is 4. The summed E-state index contributed by atoms with van der Waals surface area (Å²) in [5.74, 6) is 1.12. The normalized spacial score (nSPS) is 17.4. The van der Waals surface area contributed by atoms with Gasteiger partial charge in [0.05, 0.1) is 0 Å². The van der Waals surface area contributed by atoms with Crippen LogP contribution in [0.4, 0.5) is 5.82 Å². The molecule has 138 valence electrons. The predicted octanol–water partition coefficient (Wildman–Crippen LogP) is 2.95. The van der Waals surface area contributed by atoms with E-state index in [1.807, 2.05) is 39.1 Å². The van der Waals surface area contributed by atoms with Crippen LogP contribution in [0.25, 0.3) is 0 Å². The number of aromatic amines is 1. The number of hydrogen-bond donors (Lipinski definition) is 2. The van der Waals surface area contributed by atoms with E-state index >= 15 is 0 Å². The van der Waals surface area contributed by atoms with Gasteiger partial charge in [-0.15, -0.1) is 0 Å². The average molecular weight is 354 g/mol. The molecule has 1 amide bonds. The summed E-state index contributed by atoms with van der Waals surface area (Å²) >= 11 is 0. The first-order chi connectivity index (χ1) is 12.5. The van der Waals surface area contributed by atoms with Gasteiger partial charge >= 0.3 is 0 Å². The van der Waals surface area contributed by atoms with Crippen LogP contribution in [0.1, 0.15) is 60.1 Å². The second-order valence-electron chi connectivity index (χ2n) is 7.13. The molecule has 3 rings (SSSR count). The summed E-state index contributed by atoms with van der Waals surface area (Å²) in [6, 6.07) is 7.53. The Morgan fingerprint density at radius 2 is 2.15 bits per heavy atom.